The van der Waals surface area contributed by atoms with E-state index in [0.717, 1.165) is 25.2 Å². The van der Waals surface area contributed by atoms with E-state index in [-0.39, 0.29) is 6.61 Å². The number of nitrogens with zero attached hydrogens (tertiary/aromatic N) is 1. The van der Waals surface area contributed by atoms with Crippen LogP contribution in [0.25, 0.3) is 0 Å². The number of hydrogen-bond donors (Lipinski definition) is 2. The van der Waals surface area contributed by atoms with Crippen molar-refractivity contribution < 1.29 is 5.11 Å². The van der Waals surface area contributed by atoms with Crippen molar-refractivity contribution in [1.82, 2.24) is 10.2 Å². The first-order chi connectivity index (χ1) is 10.8. The van der Waals surface area contributed by atoms with Crippen molar-refractivity contribution in [1.29, 1.82) is 0 Å². The Bertz CT molecular complexity index is 486. The maximum absolute atomic E-state index is 8.72. The number of likely N-dealkylation sites (N-methyl/N-ethyl adjacent to an activating group) is 1. The lowest BCUT2D eigenvalue weighted by Gasteiger charge is -2.35. The monoisotopic (exact) mass is 300 g/mol. The van der Waals surface area contributed by atoms with Gasteiger partial charge in [-0.25, -0.2) is 0 Å². The van der Waals surface area contributed by atoms with Crippen LogP contribution in [-0.2, 0) is 6.54 Å². The Balaban J connectivity index is 1.76. The molecule has 1 saturated heterocycles. The van der Waals surface area contributed by atoms with Gasteiger partial charge < -0.3 is 10.4 Å². The molecule has 2 rings (SSSR count). The van der Waals surface area contributed by atoms with Gasteiger partial charge in [-0.3, -0.25) is 4.90 Å². The molecule has 1 aliphatic rings. The maximum Gasteiger partial charge on any atom is 0.0540 e. The minimum Gasteiger partial charge on any atom is -0.395 e. The summed E-state index contributed by atoms with van der Waals surface area (Å²) in [6, 6.07) is 9.08. The van der Waals surface area contributed by atoms with Crippen LogP contribution in [0.3, 0.4) is 0 Å². The van der Waals surface area contributed by atoms with Crippen LogP contribution in [0, 0.1) is 11.8 Å². The predicted molar refractivity (Wildman–Crippen MR) is 91.6 cm³/mol. The van der Waals surface area contributed by atoms with Gasteiger partial charge in [-0.05, 0) is 43.6 Å². The summed E-state index contributed by atoms with van der Waals surface area (Å²) in [5.41, 5.74) is 2.31. The number of nitrogens with one attached hydrogen (secondary N) is 1. The second-order valence-electron chi connectivity index (χ2n) is 5.88. The smallest absolute Gasteiger partial charge is 0.0540 e. The first-order valence-corrected chi connectivity index (χ1v) is 8.47. The lowest BCUT2D eigenvalue weighted by molar-refractivity contribution is 0.153. The van der Waals surface area contributed by atoms with E-state index in [1.165, 1.54) is 31.4 Å². The lowest BCUT2D eigenvalue weighted by atomic mass is 10.0. The summed E-state index contributed by atoms with van der Waals surface area (Å²) in [7, 11) is 0. The fourth-order valence-corrected chi connectivity index (χ4v) is 3.02. The number of rotatable bonds is 6. The Kier molecular flexibility index (Phi) is 7.45. The lowest BCUT2D eigenvalue weighted by Crippen LogP contribution is -2.45. The van der Waals surface area contributed by atoms with Crippen LogP contribution >= 0.6 is 0 Å². The molecule has 1 unspecified atom stereocenters. The van der Waals surface area contributed by atoms with Gasteiger partial charge in [0.2, 0.25) is 0 Å². The van der Waals surface area contributed by atoms with E-state index in [0.29, 0.717) is 12.5 Å². The average Bonchev–Trinajstić information content (AvgIpc) is 2.57. The molecule has 1 heterocycles. The zero-order valence-corrected chi connectivity index (χ0v) is 13.6. The minimum absolute atomic E-state index is 0.130. The molecule has 0 spiro atoms. The zero-order valence-electron chi connectivity index (χ0n) is 13.6. The molecule has 2 N–H and O–H groups in total. The fraction of sp³-hybridized carbons (Fsp3) is 0.579. The van der Waals surface area contributed by atoms with E-state index < -0.39 is 0 Å². The van der Waals surface area contributed by atoms with E-state index in [1.54, 1.807) is 0 Å². The van der Waals surface area contributed by atoms with Crippen molar-refractivity contribution >= 4 is 0 Å². The number of aliphatic hydroxyl groups is 1. The number of hydrogen-bond acceptors (Lipinski definition) is 3. The van der Waals surface area contributed by atoms with Gasteiger partial charge in [0.15, 0.2) is 0 Å². The van der Waals surface area contributed by atoms with Crippen molar-refractivity contribution in [2.75, 3.05) is 26.2 Å². The highest BCUT2D eigenvalue weighted by atomic mass is 16.2. The highest BCUT2D eigenvalue weighted by Crippen LogP contribution is 2.15. The molecule has 1 atom stereocenters. The molecule has 0 amide bonds. The summed E-state index contributed by atoms with van der Waals surface area (Å²) in [4.78, 5) is 2.59. The van der Waals surface area contributed by atoms with E-state index in [1.807, 2.05) is 0 Å². The van der Waals surface area contributed by atoms with Crippen molar-refractivity contribution in [3.63, 3.8) is 0 Å². The quantitative estimate of drug-likeness (QED) is 0.792. The van der Waals surface area contributed by atoms with Crippen LogP contribution in [0.4, 0.5) is 0 Å². The molecule has 3 nitrogen and oxygen atoms in total. The molecule has 0 bridgehead atoms. The summed E-state index contributed by atoms with van der Waals surface area (Å²) < 4.78 is 0. The second kappa shape index (κ2) is 9.63. The number of likely N-dealkylation sites (tertiary alicyclic amines) is 1. The topological polar surface area (TPSA) is 35.5 Å². The first kappa shape index (κ1) is 17.0. The largest absolute Gasteiger partial charge is 0.395 e. The molecule has 22 heavy (non-hydrogen) atoms. The Morgan fingerprint density at radius 3 is 2.82 bits per heavy atom. The Labute approximate surface area is 134 Å². The number of piperidine rings is 1. The van der Waals surface area contributed by atoms with E-state index in [4.69, 9.17) is 5.11 Å². The van der Waals surface area contributed by atoms with E-state index in [9.17, 15) is 0 Å². The zero-order chi connectivity index (χ0) is 15.6. The van der Waals surface area contributed by atoms with Crippen molar-refractivity contribution in [2.24, 2.45) is 0 Å². The molecule has 1 aromatic carbocycles. The SMILES string of the molecule is CCN1CCCCC1CNCc1ccc(C#CCCO)cc1. The molecule has 120 valence electrons. The van der Waals surface area contributed by atoms with Crippen molar-refractivity contribution in [3.8, 4) is 11.8 Å². The third kappa shape index (κ3) is 5.46. The van der Waals surface area contributed by atoms with E-state index in [2.05, 4.69) is 53.2 Å². The Hall–Kier alpha value is -1.34. The van der Waals surface area contributed by atoms with Crippen LogP contribution in [0.2, 0.25) is 0 Å². The van der Waals surface area contributed by atoms with Gasteiger partial charge >= 0.3 is 0 Å². The van der Waals surface area contributed by atoms with Crippen LogP contribution in [0.1, 0.15) is 43.7 Å². The third-order valence-electron chi connectivity index (χ3n) is 4.29. The fourth-order valence-electron chi connectivity index (χ4n) is 3.02. The Morgan fingerprint density at radius 1 is 1.27 bits per heavy atom. The average molecular weight is 300 g/mol. The van der Waals surface area contributed by atoms with Gasteiger partial charge in [-0.2, -0.15) is 0 Å². The molecular formula is C19H28N2O. The normalized spacial score (nSPS) is 18.7. The van der Waals surface area contributed by atoms with Crippen LogP contribution < -0.4 is 5.32 Å². The molecule has 1 aromatic rings. The van der Waals surface area contributed by atoms with Crippen LogP contribution in [0.5, 0.6) is 0 Å². The summed E-state index contributed by atoms with van der Waals surface area (Å²) in [5, 5.41) is 12.3. The molecular weight excluding hydrogens is 272 g/mol. The van der Waals surface area contributed by atoms with Crippen molar-refractivity contribution in [3.05, 3.63) is 35.4 Å². The summed E-state index contributed by atoms with van der Waals surface area (Å²) in [6.45, 7) is 6.79. The van der Waals surface area contributed by atoms with Crippen molar-refractivity contribution in [2.45, 2.75) is 45.2 Å². The maximum atomic E-state index is 8.72. The summed E-state index contributed by atoms with van der Waals surface area (Å²) in [6.07, 6.45) is 4.58. The van der Waals surface area contributed by atoms with Gasteiger partial charge in [0.1, 0.15) is 0 Å². The minimum atomic E-state index is 0.130. The highest BCUT2D eigenvalue weighted by Gasteiger charge is 2.19. The molecule has 0 saturated carbocycles. The van der Waals surface area contributed by atoms with Gasteiger partial charge in [0.25, 0.3) is 0 Å². The van der Waals surface area contributed by atoms with Gasteiger partial charge in [-0.1, -0.05) is 37.3 Å². The standard InChI is InChI=1S/C19H28N2O/c1-2-21-13-5-3-8-19(21)16-20-15-18-11-9-17(10-12-18)7-4-6-14-22/h9-12,19-20,22H,2-3,5-6,8,13-16H2,1H3. The summed E-state index contributed by atoms with van der Waals surface area (Å²) in [5.74, 6) is 6.00. The van der Waals surface area contributed by atoms with Gasteiger partial charge in [0, 0.05) is 31.1 Å². The first-order valence-electron chi connectivity index (χ1n) is 8.47. The predicted octanol–water partition coefficient (Wildman–Crippen LogP) is 2.38. The van der Waals surface area contributed by atoms with Gasteiger partial charge in [-0.15, -0.1) is 0 Å². The molecule has 0 radical (unpaired) electrons. The molecule has 0 aliphatic carbocycles. The van der Waals surface area contributed by atoms with Gasteiger partial charge in [0.05, 0.1) is 6.61 Å². The summed E-state index contributed by atoms with van der Waals surface area (Å²) >= 11 is 0. The molecule has 1 aliphatic heterocycles. The second-order valence-corrected chi connectivity index (χ2v) is 5.88. The molecule has 1 fully saturated rings. The van der Waals surface area contributed by atoms with Crippen LogP contribution in [-0.4, -0.2) is 42.3 Å². The van der Waals surface area contributed by atoms with Crippen LogP contribution in [0.15, 0.2) is 24.3 Å². The number of aliphatic hydroxyl groups excluding tert-OH is 1. The Morgan fingerprint density at radius 2 is 2.09 bits per heavy atom. The molecule has 0 aromatic heterocycles. The van der Waals surface area contributed by atoms with E-state index >= 15 is 0 Å². The highest BCUT2D eigenvalue weighted by molar-refractivity contribution is 5.36. The third-order valence-corrected chi connectivity index (χ3v) is 4.29. The number of benzene rings is 1. The molecule has 3 heteroatoms.